The van der Waals surface area contributed by atoms with Crippen LogP contribution in [0.25, 0.3) is 10.9 Å². The van der Waals surface area contributed by atoms with Crippen LogP contribution in [0, 0.1) is 20.8 Å². The molecule has 0 aliphatic rings. The third-order valence-electron chi connectivity index (χ3n) is 4.42. The number of rotatable bonds is 6. The molecule has 0 saturated carbocycles. The fourth-order valence-corrected chi connectivity index (χ4v) is 2.99. The molecule has 0 aliphatic heterocycles. The number of aromatic nitrogens is 3. The van der Waals surface area contributed by atoms with E-state index in [0.717, 1.165) is 24.5 Å². The molecule has 5 heteroatoms. The van der Waals surface area contributed by atoms with Crippen molar-refractivity contribution in [3.63, 3.8) is 0 Å². The number of aryl methyl sites for hydroxylation is 3. The second-order valence-electron chi connectivity index (χ2n) is 6.19. The standard InChI is InChI=1S/C18H24N4O/c1-12-4-5-16-15(8-12)13(2)17(21-16)9-22(6-7-23)10-18-14(3)19-11-20-18/h4-5,8,11,21,23H,6-7,9-10H2,1-3H3,(H,19,20). The number of hydrogen-bond donors (Lipinski definition) is 3. The normalized spacial score (nSPS) is 11.7. The number of nitrogens with one attached hydrogen (secondary N) is 2. The van der Waals surface area contributed by atoms with E-state index < -0.39 is 0 Å². The molecule has 2 aromatic heterocycles. The van der Waals surface area contributed by atoms with Crippen molar-refractivity contribution in [2.75, 3.05) is 13.2 Å². The number of aromatic amines is 2. The Kier molecular flexibility index (Phi) is 4.50. The Morgan fingerprint density at radius 1 is 1.17 bits per heavy atom. The average Bonchev–Trinajstić information content (AvgIpc) is 3.05. The van der Waals surface area contributed by atoms with Gasteiger partial charge in [0.2, 0.25) is 0 Å². The van der Waals surface area contributed by atoms with Crippen molar-refractivity contribution in [1.82, 2.24) is 19.9 Å². The summed E-state index contributed by atoms with van der Waals surface area (Å²) in [5.74, 6) is 0. The Balaban J connectivity index is 1.85. The number of imidazole rings is 1. The van der Waals surface area contributed by atoms with Crippen LogP contribution in [0.15, 0.2) is 24.5 Å². The van der Waals surface area contributed by atoms with Crippen molar-refractivity contribution >= 4 is 10.9 Å². The molecule has 2 heterocycles. The molecular formula is C18H24N4O. The molecule has 0 spiro atoms. The van der Waals surface area contributed by atoms with E-state index in [4.69, 9.17) is 0 Å². The highest BCUT2D eigenvalue weighted by Gasteiger charge is 2.14. The van der Waals surface area contributed by atoms with E-state index in [1.165, 1.54) is 27.7 Å². The largest absolute Gasteiger partial charge is 0.395 e. The van der Waals surface area contributed by atoms with Gasteiger partial charge >= 0.3 is 0 Å². The third-order valence-corrected chi connectivity index (χ3v) is 4.42. The van der Waals surface area contributed by atoms with E-state index in [1.807, 2.05) is 6.92 Å². The summed E-state index contributed by atoms with van der Waals surface area (Å²) in [7, 11) is 0. The van der Waals surface area contributed by atoms with Crippen LogP contribution in [-0.4, -0.2) is 38.1 Å². The number of aliphatic hydroxyl groups is 1. The maximum Gasteiger partial charge on any atom is 0.0925 e. The number of benzene rings is 1. The number of H-pyrrole nitrogens is 2. The first-order chi connectivity index (χ1) is 11.1. The topological polar surface area (TPSA) is 67.9 Å². The summed E-state index contributed by atoms with van der Waals surface area (Å²) >= 11 is 0. The van der Waals surface area contributed by atoms with Crippen molar-refractivity contribution in [3.8, 4) is 0 Å². The van der Waals surface area contributed by atoms with Crippen LogP contribution >= 0.6 is 0 Å². The zero-order valence-electron chi connectivity index (χ0n) is 14.0. The van der Waals surface area contributed by atoms with E-state index in [-0.39, 0.29) is 6.61 Å². The summed E-state index contributed by atoms with van der Waals surface area (Å²) in [5, 5.41) is 10.7. The fraction of sp³-hybridized carbons (Fsp3) is 0.389. The smallest absolute Gasteiger partial charge is 0.0925 e. The summed E-state index contributed by atoms with van der Waals surface area (Å²) in [6.45, 7) is 8.56. The predicted molar refractivity (Wildman–Crippen MR) is 92.3 cm³/mol. The fourth-order valence-electron chi connectivity index (χ4n) is 2.99. The van der Waals surface area contributed by atoms with Crippen LogP contribution in [0.5, 0.6) is 0 Å². The van der Waals surface area contributed by atoms with Gasteiger partial charge in [-0.1, -0.05) is 11.6 Å². The molecule has 1 aromatic carbocycles. The lowest BCUT2D eigenvalue weighted by atomic mass is 10.1. The Bertz CT molecular complexity index is 803. The minimum absolute atomic E-state index is 0.141. The van der Waals surface area contributed by atoms with Crippen molar-refractivity contribution in [2.45, 2.75) is 33.9 Å². The van der Waals surface area contributed by atoms with Gasteiger partial charge in [-0.15, -0.1) is 0 Å². The summed E-state index contributed by atoms with van der Waals surface area (Å²) < 4.78 is 0. The molecule has 0 radical (unpaired) electrons. The van der Waals surface area contributed by atoms with E-state index in [2.05, 4.69) is 51.9 Å². The maximum atomic E-state index is 9.38. The SMILES string of the molecule is Cc1ccc2[nH]c(CN(CCO)Cc3nc[nH]c3C)c(C)c2c1. The van der Waals surface area contributed by atoms with Gasteiger partial charge in [0.1, 0.15) is 0 Å². The quantitative estimate of drug-likeness (QED) is 0.655. The van der Waals surface area contributed by atoms with Crippen molar-refractivity contribution < 1.29 is 5.11 Å². The zero-order chi connectivity index (χ0) is 16.4. The Morgan fingerprint density at radius 2 is 2.00 bits per heavy atom. The molecule has 0 fully saturated rings. The molecule has 3 aromatic rings. The molecule has 122 valence electrons. The molecule has 0 saturated heterocycles. The molecule has 23 heavy (non-hydrogen) atoms. The highest BCUT2D eigenvalue weighted by Crippen LogP contribution is 2.24. The van der Waals surface area contributed by atoms with Gasteiger partial charge in [-0.25, -0.2) is 4.98 Å². The highest BCUT2D eigenvalue weighted by atomic mass is 16.3. The summed E-state index contributed by atoms with van der Waals surface area (Å²) in [5.41, 5.74) is 7.03. The van der Waals surface area contributed by atoms with E-state index in [9.17, 15) is 5.11 Å². The molecule has 0 unspecified atom stereocenters. The molecule has 0 amide bonds. The highest BCUT2D eigenvalue weighted by molar-refractivity contribution is 5.85. The van der Waals surface area contributed by atoms with E-state index >= 15 is 0 Å². The first kappa shape index (κ1) is 15.8. The average molecular weight is 312 g/mol. The first-order valence-electron chi connectivity index (χ1n) is 7.98. The van der Waals surface area contributed by atoms with Crippen LogP contribution in [0.1, 0.15) is 28.2 Å². The van der Waals surface area contributed by atoms with E-state index in [0.29, 0.717) is 6.54 Å². The van der Waals surface area contributed by atoms with Crippen LogP contribution < -0.4 is 0 Å². The van der Waals surface area contributed by atoms with Crippen LogP contribution in [0.2, 0.25) is 0 Å². The Hall–Kier alpha value is -2.11. The van der Waals surface area contributed by atoms with Crippen molar-refractivity contribution in [1.29, 1.82) is 0 Å². The second-order valence-corrected chi connectivity index (χ2v) is 6.19. The Labute approximate surface area is 136 Å². The van der Waals surface area contributed by atoms with Gasteiger partial charge in [0.05, 0.1) is 18.6 Å². The van der Waals surface area contributed by atoms with Crippen LogP contribution in [0.3, 0.4) is 0 Å². The zero-order valence-corrected chi connectivity index (χ0v) is 14.0. The molecule has 5 nitrogen and oxygen atoms in total. The molecule has 0 bridgehead atoms. The molecular weight excluding hydrogens is 288 g/mol. The minimum Gasteiger partial charge on any atom is -0.395 e. The molecule has 0 atom stereocenters. The van der Waals surface area contributed by atoms with Gasteiger partial charge in [-0.3, -0.25) is 4.90 Å². The number of fused-ring (bicyclic) bond motifs is 1. The van der Waals surface area contributed by atoms with Gasteiger partial charge in [-0.05, 0) is 38.5 Å². The lowest BCUT2D eigenvalue weighted by Crippen LogP contribution is -2.27. The van der Waals surface area contributed by atoms with Gasteiger partial charge in [0.15, 0.2) is 0 Å². The van der Waals surface area contributed by atoms with Gasteiger partial charge in [0, 0.05) is 41.9 Å². The van der Waals surface area contributed by atoms with Gasteiger partial charge in [0.25, 0.3) is 0 Å². The molecule has 3 rings (SSSR count). The van der Waals surface area contributed by atoms with Crippen LogP contribution in [-0.2, 0) is 13.1 Å². The van der Waals surface area contributed by atoms with Gasteiger partial charge in [-0.2, -0.15) is 0 Å². The van der Waals surface area contributed by atoms with Crippen molar-refractivity contribution in [3.05, 3.63) is 52.7 Å². The third kappa shape index (κ3) is 3.30. The lowest BCUT2D eigenvalue weighted by Gasteiger charge is -2.20. The predicted octanol–water partition coefficient (Wildman–Crippen LogP) is 2.81. The monoisotopic (exact) mass is 312 g/mol. The molecule has 0 aliphatic carbocycles. The number of hydrogen-bond acceptors (Lipinski definition) is 3. The minimum atomic E-state index is 0.141. The van der Waals surface area contributed by atoms with Crippen molar-refractivity contribution in [2.24, 2.45) is 0 Å². The number of nitrogens with zero attached hydrogens (tertiary/aromatic N) is 2. The number of aliphatic hydroxyl groups excluding tert-OH is 1. The molecule has 3 N–H and O–H groups in total. The summed E-state index contributed by atoms with van der Waals surface area (Å²) in [6, 6.07) is 6.48. The van der Waals surface area contributed by atoms with E-state index in [1.54, 1.807) is 6.33 Å². The van der Waals surface area contributed by atoms with Crippen LogP contribution in [0.4, 0.5) is 0 Å². The Morgan fingerprint density at radius 3 is 2.70 bits per heavy atom. The summed E-state index contributed by atoms with van der Waals surface area (Å²) in [6.07, 6.45) is 1.72. The maximum absolute atomic E-state index is 9.38. The van der Waals surface area contributed by atoms with Gasteiger partial charge < -0.3 is 15.1 Å². The first-order valence-corrected chi connectivity index (χ1v) is 7.98. The lowest BCUT2D eigenvalue weighted by molar-refractivity contribution is 0.181. The second kappa shape index (κ2) is 6.56. The summed E-state index contributed by atoms with van der Waals surface area (Å²) in [4.78, 5) is 13.2.